The van der Waals surface area contributed by atoms with Gasteiger partial charge in [-0.05, 0) is 31.2 Å². The molecule has 0 heterocycles. The average Bonchev–Trinajstić information content (AvgIpc) is 2.62. The van der Waals surface area contributed by atoms with E-state index in [9.17, 15) is 22.8 Å². The number of benzene rings is 2. The van der Waals surface area contributed by atoms with Gasteiger partial charge in [-0.25, -0.2) is 0 Å². The third kappa shape index (κ3) is 5.19. The fraction of sp³-hybridized carbons (Fsp3) is 0.105. The molecule has 0 bridgehead atoms. The minimum absolute atomic E-state index is 0.162. The van der Waals surface area contributed by atoms with E-state index >= 15 is 0 Å². The van der Waals surface area contributed by atoms with Crippen LogP contribution in [0, 0.1) is 11.3 Å². The molecule has 0 aliphatic heterocycles. The van der Waals surface area contributed by atoms with Crippen LogP contribution in [0.25, 0.3) is 0 Å². The van der Waals surface area contributed by atoms with Crippen molar-refractivity contribution in [3.8, 4) is 6.07 Å². The maximum Gasteiger partial charge on any atom is 0.418 e. The molecule has 0 unspecified atom stereocenters. The fourth-order valence-corrected chi connectivity index (χ4v) is 2.16. The van der Waals surface area contributed by atoms with Gasteiger partial charge in [-0.3, -0.25) is 9.59 Å². The second-order valence-corrected chi connectivity index (χ2v) is 5.45. The van der Waals surface area contributed by atoms with Crippen LogP contribution in [-0.4, -0.2) is 11.7 Å². The molecule has 138 valence electrons. The summed E-state index contributed by atoms with van der Waals surface area (Å²) in [6, 6.07) is 12.4. The molecule has 1 amide bonds. The van der Waals surface area contributed by atoms with Gasteiger partial charge >= 0.3 is 6.18 Å². The normalized spacial score (nSPS) is 11.4. The Bertz CT molecular complexity index is 944. The average molecular weight is 373 g/mol. The summed E-state index contributed by atoms with van der Waals surface area (Å²) in [5, 5.41) is 13.9. The Labute approximate surface area is 153 Å². The Balaban J connectivity index is 2.20. The molecular formula is C19H14F3N3O2. The van der Waals surface area contributed by atoms with Crippen LogP contribution in [0.15, 0.2) is 60.3 Å². The van der Waals surface area contributed by atoms with Gasteiger partial charge in [0.15, 0.2) is 5.78 Å². The van der Waals surface area contributed by atoms with Crippen molar-refractivity contribution in [1.29, 1.82) is 5.26 Å². The Morgan fingerprint density at radius 2 is 1.81 bits per heavy atom. The number of amides is 1. The number of nitrogens with one attached hydrogen (secondary N) is 2. The van der Waals surface area contributed by atoms with Crippen molar-refractivity contribution in [1.82, 2.24) is 0 Å². The predicted octanol–water partition coefficient (Wildman–Crippen LogP) is 4.37. The fourth-order valence-electron chi connectivity index (χ4n) is 2.16. The predicted molar refractivity (Wildman–Crippen MR) is 93.8 cm³/mol. The monoisotopic (exact) mass is 373 g/mol. The molecular weight excluding hydrogens is 359 g/mol. The first-order valence-electron chi connectivity index (χ1n) is 7.67. The number of alkyl halides is 3. The lowest BCUT2D eigenvalue weighted by molar-refractivity contribution is -0.137. The molecule has 0 aliphatic carbocycles. The molecule has 5 nitrogen and oxygen atoms in total. The summed E-state index contributed by atoms with van der Waals surface area (Å²) in [4.78, 5) is 23.5. The molecule has 2 aromatic carbocycles. The second kappa shape index (κ2) is 8.19. The number of ketones is 1. The van der Waals surface area contributed by atoms with Gasteiger partial charge in [0.05, 0.1) is 11.3 Å². The van der Waals surface area contributed by atoms with Gasteiger partial charge in [0.2, 0.25) is 0 Å². The Hall–Kier alpha value is -3.60. The Morgan fingerprint density at radius 3 is 2.44 bits per heavy atom. The molecule has 27 heavy (non-hydrogen) atoms. The van der Waals surface area contributed by atoms with E-state index in [1.54, 1.807) is 24.3 Å². The maximum atomic E-state index is 13.0. The van der Waals surface area contributed by atoms with E-state index in [2.05, 4.69) is 10.6 Å². The van der Waals surface area contributed by atoms with Crippen LogP contribution in [0.5, 0.6) is 0 Å². The smallest absolute Gasteiger partial charge is 0.360 e. The topological polar surface area (TPSA) is 82.0 Å². The second-order valence-electron chi connectivity index (χ2n) is 5.45. The van der Waals surface area contributed by atoms with Crippen LogP contribution in [0.3, 0.4) is 0 Å². The van der Waals surface area contributed by atoms with Crippen LogP contribution in [0.2, 0.25) is 0 Å². The number of hydrogen-bond acceptors (Lipinski definition) is 4. The van der Waals surface area contributed by atoms with E-state index < -0.39 is 28.9 Å². The zero-order valence-electron chi connectivity index (χ0n) is 14.1. The number of halogens is 3. The molecule has 0 saturated carbocycles. The zero-order chi connectivity index (χ0) is 20.0. The molecule has 2 rings (SSSR count). The summed E-state index contributed by atoms with van der Waals surface area (Å²) in [7, 11) is 0. The van der Waals surface area contributed by atoms with Crippen LogP contribution in [-0.2, 0) is 11.0 Å². The number of hydrogen-bond donors (Lipinski definition) is 2. The van der Waals surface area contributed by atoms with E-state index in [0.717, 1.165) is 18.3 Å². The highest BCUT2D eigenvalue weighted by Crippen LogP contribution is 2.34. The number of anilines is 2. The van der Waals surface area contributed by atoms with Crippen molar-refractivity contribution in [2.45, 2.75) is 13.1 Å². The quantitative estimate of drug-likeness (QED) is 0.463. The maximum absolute atomic E-state index is 13.0. The van der Waals surface area contributed by atoms with E-state index in [1.807, 2.05) is 0 Å². The highest BCUT2D eigenvalue weighted by molar-refractivity contribution is 6.07. The summed E-state index contributed by atoms with van der Waals surface area (Å²) in [5.41, 5.74) is -1.03. The van der Waals surface area contributed by atoms with Gasteiger partial charge in [0, 0.05) is 17.5 Å². The first kappa shape index (κ1) is 19.7. The van der Waals surface area contributed by atoms with Crippen molar-refractivity contribution in [3.05, 3.63) is 71.4 Å². The first-order chi connectivity index (χ1) is 12.7. The number of nitrogens with zero attached hydrogens (tertiary/aromatic N) is 1. The summed E-state index contributed by atoms with van der Waals surface area (Å²) in [6.45, 7) is 1.39. The Morgan fingerprint density at radius 1 is 1.11 bits per heavy atom. The summed E-state index contributed by atoms with van der Waals surface area (Å²) in [6.07, 6.45) is -3.59. The number of Topliss-reactive ketones (excluding diaryl/α,β-unsaturated/α-hetero) is 1. The van der Waals surface area contributed by atoms with E-state index in [-0.39, 0.29) is 5.78 Å². The molecule has 0 radical (unpaired) electrons. The van der Waals surface area contributed by atoms with Crippen molar-refractivity contribution in [2.75, 3.05) is 10.6 Å². The molecule has 0 fully saturated rings. The minimum Gasteiger partial charge on any atom is -0.360 e. The van der Waals surface area contributed by atoms with Gasteiger partial charge in [0.25, 0.3) is 5.91 Å². The highest BCUT2D eigenvalue weighted by atomic mass is 19.4. The molecule has 0 aromatic heterocycles. The van der Waals surface area contributed by atoms with Crippen molar-refractivity contribution < 1.29 is 22.8 Å². The minimum atomic E-state index is -4.65. The third-order valence-corrected chi connectivity index (χ3v) is 3.50. The number of carbonyl (C=O) groups is 2. The lowest BCUT2D eigenvalue weighted by atomic mass is 10.1. The number of rotatable bonds is 5. The van der Waals surface area contributed by atoms with Crippen LogP contribution >= 0.6 is 0 Å². The highest BCUT2D eigenvalue weighted by Gasteiger charge is 2.33. The largest absolute Gasteiger partial charge is 0.418 e. The van der Waals surface area contributed by atoms with Crippen molar-refractivity contribution in [2.24, 2.45) is 0 Å². The molecule has 0 saturated heterocycles. The third-order valence-electron chi connectivity index (χ3n) is 3.50. The molecule has 0 spiro atoms. The van der Waals surface area contributed by atoms with Gasteiger partial charge in [0.1, 0.15) is 11.6 Å². The summed E-state index contributed by atoms with van der Waals surface area (Å²) in [5.74, 6) is -1.16. The summed E-state index contributed by atoms with van der Waals surface area (Å²) < 4.78 is 39.0. The van der Waals surface area contributed by atoms with Crippen molar-refractivity contribution >= 4 is 23.1 Å². The lowest BCUT2D eigenvalue weighted by Gasteiger charge is -2.13. The molecule has 0 aliphatic rings. The first-order valence-corrected chi connectivity index (χ1v) is 7.67. The van der Waals surface area contributed by atoms with Gasteiger partial charge in [-0.1, -0.05) is 24.3 Å². The lowest BCUT2D eigenvalue weighted by Crippen LogP contribution is -2.18. The molecule has 8 heteroatoms. The van der Waals surface area contributed by atoms with Crippen LogP contribution in [0.1, 0.15) is 22.8 Å². The number of nitriles is 1. The van der Waals surface area contributed by atoms with E-state index in [1.165, 1.54) is 25.1 Å². The standard InChI is InChI=1S/C19H14F3N3O2/c1-12(26)13-5-4-6-15(9-13)24-11-14(10-23)18(27)25-17-8-3-2-7-16(17)19(20,21)22/h2-9,11,24H,1H3,(H,25,27)/b14-11-. The zero-order valence-corrected chi connectivity index (χ0v) is 14.1. The number of carbonyl (C=O) groups excluding carboxylic acids is 2. The number of para-hydroxylation sites is 1. The van der Waals surface area contributed by atoms with Crippen LogP contribution < -0.4 is 10.6 Å². The van der Waals surface area contributed by atoms with E-state index in [0.29, 0.717) is 11.3 Å². The van der Waals surface area contributed by atoms with Crippen LogP contribution in [0.4, 0.5) is 24.5 Å². The molecule has 2 N–H and O–H groups in total. The molecule has 2 aromatic rings. The Kier molecular flexibility index (Phi) is 5.98. The van der Waals surface area contributed by atoms with E-state index in [4.69, 9.17) is 5.26 Å². The molecule has 0 atom stereocenters. The van der Waals surface area contributed by atoms with Crippen molar-refractivity contribution in [3.63, 3.8) is 0 Å². The summed E-state index contributed by atoms with van der Waals surface area (Å²) >= 11 is 0. The van der Waals surface area contributed by atoms with Gasteiger partial charge in [-0.15, -0.1) is 0 Å². The van der Waals surface area contributed by atoms with Gasteiger partial charge in [-0.2, -0.15) is 18.4 Å². The SMILES string of the molecule is CC(=O)c1cccc(N/C=C(/C#N)C(=O)Nc2ccccc2C(F)(F)F)c1. The van der Waals surface area contributed by atoms with Gasteiger partial charge < -0.3 is 10.6 Å².